The van der Waals surface area contributed by atoms with E-state index in [1.54, 1.807) is 6.92 Å². The lowest BCUT2D eigenvalue weighted by Gasteiger charge is -2.09. The van der Waals surface area contributed by atoms with Crippen LogP contribution in [0.25, 0.3) is 0 Å². The molecule has 0 radical (unpaired) electrons. The van der Waals surface area contributed by atoms with E-state index in [1.807, 2.05) is 0 Å². The molecule has 0 spiro atoms. The average Bonchev–Trinajstić information content (AvgIpc) is 2.67. The van der Waals surface area contributed by atoms with E-state index in [4.69, 9.17) is 34.8 Å². The van der Waals surface area contributed by atoms with Gasteiger partial charge in [0.1, 0.15) is 4.90 Å². The van der Waals surface area contributed by atoms with Crippen molar-refractivity contribution in [3.8, 4) is 0 Å². The molecule has 0 saturated heterocycles. The van der Waals surface area contributed by atoms with E-state index in [0.717, 1.165) is 11.3 Å². The molecule has 0 unspecified atom stereocenters. The van der Waals surface area contributed by atoms with Crippen LogP contribution in [0.4, 0.5) is 5.13 Å². The molecule has 0 aliphatic carbocycles. The molecule has 0 saturated carbocycles. The molecule has 2 rings (SSSR count). The summed E-state index contributed by atoms with van der Waals surface area (Å²) in [6.07, 6.45) is 0. The van der Waals surface area contributed by atoms with Crippen LogP contribution >= 0.6 is 46.1 Å². The van der Waals surface area contributed by atoms with Gasteiger partial charge >= 0.3 is 0 Å². The highest BCUT2D eigenvalue weighted by molar-refractivity contribution is 7.93. The van der Waals surface area contributed by atoms with Crippen LogP contribution in [-0.4, -0.2) is 19.2 Å². The fraction of sp³-hybridized carbons (Fsp3) is 0.167. The van der Waals surface area contributed by atoms with Crippen molar-refractivity contribution >= 4 is 67.1 Å². The molecule has 1 heterocycles. The third kappa shape index (κ3) is 3.55. The van der Waals surface area contributed by atoms with E-state index < -0.39 is 10.0 Å². The molecule has 22 heavy (non-hydrogen) atoms. The first kappa shape index (κ1) is 17.5. The second-order valence-corrected chi connectivity index (χ2v) is 8.16. The van der Waals surface area contributed by atoms with Gasteiger partial charge in [-0.05, 0) is 19.1 Å². The lowest BCUT2D eigenvalue weighted by molar-refractivity contribution is 0.102. The summed E-state index contributed by atoms with van der Waals surface area (Å²) < 4.78 is 27.1. The summed E-state index contributed by atoms with van der Waals surface area (Å²) in [6, 6.07) is 2.55. The molecule has 1 aromatic heterocycles. The van der Waals surface area contributed by atoms with E-state index in [2.05, 4.69) is 9.71 Å². The number of benzene rings is 1. The number of aryl methyl sites for hydroxylation is 1. The van der Waals surface area contributed by atoms with Crippen LogP contribution in [0, 0.1) is 6.92 Å². The Kier molecular flexibility index (Phi) is 5.03. The molecule has 0 bridgehead atoms. The standard InChI is InChI=1S/C12H9Cl3N2O3S2/c1-5-10(6(2)18)21-12(16-5)17-22(19,20)11-8(14)3-7(13)4-9(11)15/h3-4H,1-2H3,(H,16,17). The predicted molar refractivity (Wildman–Crippen MR) is 89.1 cm³/mol. The maximum atomic E-state index is 12.4. The van der Waals surface area contributed by atoms with Crippen LogP contribution in [0.1, 0.15) is 22.3 Å². The molecular weight excluding hydrogens is 391 g/mol. The van der Waals surface area contributed by atoms with Gasteiger partial charge in [-0.1, -0.05) is 46.1 Å². The number of carbonyl (C=O) groups is 1. The third-order valence-corrected chi connectivity index (χ3v) is 6.35. The minimum atomic E-state index is -4.06. The van der Waals surface area contributed by atoms with Gasteiger partial charge in [-0.3, -0.25) is 9.52 Å². The average molecular weight is 400 g/mol. The molecule has 0 aliphatic rings. The fourth-order valence-electron chi connectivity index (χ4n) is 1.72. The number of hydrogen-bond donors (Lipinski definition) is 1. The monoisotopic (exact) mass is 398 g/mol. The van der Waals surface area contributed by atoms with Gasteiger partial charge in [0.2, 0.25) is 0 Å². The number of ketones is 1. The highest BCUT2D eigenvalue weighted by Crippen LogP contribution is 2.34. The van der Waals surface area contributed by atoms with Gasteiger partial charge in [-0.2, -0.15) is 0 Å². The Morgan fingerprint density at radius 3 is 2.23 bits per heavy atom. The van der Waals surface area contributed by atoms with Crippen LogP contribution in [0.2, 0.25) is 15.1 Å². The quantitative estimate of drug-likeness (QED) is 0.772. The molecule has 0 atom stereocenters. The lowest BCUT2D eigenvalue weighted by Crippen LogP contribution is -2.14. The Morgan fingerprint density at radius 2 is 1.77 bits per heavy atom. The van der Waals surface area contributed by atoms with Crippen molar-refractivity contribution < 1.29 is 13.2 Å². The topological polar surface area (TPSA) is 76.1 Å². The van der Waals surface area contributed by atoms with Gasteiger partial charge in [-0.25, -0.2) is 13.4 Å². The second kappa shape index (κ2) is 6.33. The number of Topliss-reactive ketones (excluding diaryl/α,β-unsaturated/α-hetero) is 1. The fourth-order valence-corrected chi connectivity index (χ4v) is 5.36. The van der Waals surface area contributed by atoms with E-state index in [-0.39, 0.29) is 30.9 Å². The number of hydrogen-bond acceptors (Lipinski definition) is 5. The summed E-state index contributed by atoms with van der Waals surface area (Å²) in [7, 11) is -4.06. The van der Waals surface area contributed by atoms with Gasteiger partial charge in [-0.15, -0.1) is 0 Å². The van der Waals surface area contributed by atoms with Crippen LogP contribution in [0.5, 0.6) is 0 Å². The maximum absolute atomic E-state index is 12.4. The summed E-state index contributed by atoms with van der Waals surface area (Å²) in [5.41, 5.74) is 0.448. The summed E-state index contributed by atoms with van der Waals surface area (Å²) in [6.45, 7) is 3.00. The van der Waals surface area contributed by atoms with Gasteiger partial charge in [0.05, 0.1) is 20.6 Å². The minimum absolute atomic E-state index is 0.0600. The molecule has 1 N–H and O–H groups in total. The molecule has 0 amide bonds. The van der Waals surface area contributed by atoms with Gasteiger partial charge in [0.15, 0.2) is 10.9 Å². The molecule has 118 valence electrons. The Hall–Kier alpha value is -0.860. The number of anilines is 1. The SMILES string of the molecule is CC(=O)c1sc(NS(=O)(=O)c2c(Cl)cc(Cl)cc2Cl)nc1C. The molecule has 1 aromatic carbocycles. The van der Waals surface area contributed by atoms with E-state index in [1.165, 1.54) is 19.1 Å². The summed E-state index contributed by atoms with van der Waals surface area (Å²) >= 11 is 18.5. The highest BCUT2D eigenvalue weighted by Gasteiger charge is 2.24. The zero-order valence-electron chi connectivity index (χ0n) is 11.3. The second-order valence-electron chi connectivity index (χ2n) is 4.29. The first-order valence-corrected chi connectivity index (χ1v) is 9.21. The number of nitrogens with one attached hydrogen (secondary N) is 1. The van der Waals surface area contributed by atoms with Crippen molar-refractivity contribution in [3.05, 3.63) is 37.8 Å². The Morgan fingerprint density at radius 1 is 1.23 bits per heavy atom. The Bertz CT molecular complexity index is 839. The molecule has 5 nitrogen and oxygen atoms in total. The van der Waals surface area contributed by atoms with Crippen LogP contribution in [-0.2, 0) is 10.0 Å². The number of sulfonamides is 1. The van der Waals surface area contributed by atoms with Crippen LogP contribution in [0.3, 0.4) is 0 Å². The molecule has 2 aromatic rings. The number of thiazole rings is 1. The molecule has 10 heteroatoms. The van der Waals surface area contributed by atoms with Crippen molar-refractivity contribution in [2.45, 2.75) is 18.7 Å². The zero-order valence-corrected chi connectivity index (χ0v) is 15.2. The van der Waals surface area contributed by atoms with Crippen LogP contribution < -0.4 is 4.72 Å². The van der Waals surface area contributed by atoms with Crippen molar-refractivity contribution in [2.75, 3.05) is 4.72 Å². The summed E-state index contributed by atoms with van der Waals surface area (Å²) in [5.74, 6) is -0.192. The Labute approximate surface area is 146 Å². The van der Waals surface area contributed by atoms with Crippen molar-refractivity contribution in [1.82, 2.24) is 4.98 Å². The smallest absolute Gasteiger partial charge is 0.266 e. The summed E-state index contributed by atoms with van der Waals surface area (Å²) in [4.78, 5) is 15.5. The van der Waals surface area contributed by atoms with E-state index in [0.29, 0.717) is 10.6 Å². The zero-order chi connectivity index (χ0) is 16.7. The van der Waals surface area contributed by atoms with E-state index in [9.17, 15) is 13.2 Å². The lowest BCUT2D eigenvalue weighted by atomic mass is 10.3. The third-order valence-electron chi connectivity index (χ3n) is 2.57. The van der Waals surface area contributed by atoms with Crippen molar-refractivity contribution in [3.63, 3.8) is 0 Å². The van der Waals surface area contributed by atoms with E-state index >= 15 is 0 Å². The van der Waals surface area contributed by atoms with Gasteiger partial charge < -0.3 is 0 Å². The van der Waals surface area contributed by atoms with Gasteiger partial charge in [0, 0.05) is 11.9 Å². The largest absolute Gasteiger partial charge is 0.294 e. The van der Waals surface area contributed by atoms with Crippen molar-refractivity contribution in [2.24, 2.45) is 0 Å². The number of nitrogens with zero attached hydrogens (tertiary/aromatic N) is 1. The number of carbonyl (C=O) groups excluding carboxylic acids is 1. The maximum Gasteiger partial charge on any atom is 0.266 e. The number of rotatable bonds is 4. The first-order valence-electron chi connectivity index (χ1n) is 5.77. The minimum Gasteiger partial charge on any atom is -0.294 e. The molecular formula is C12H9Cl3N2O3S2. The van der Waals surface area contributed by atoms with Crippen molar-refractivity contribution in [1.29, 1.82) is 0 Å². The number of aromatic nitrogens is 1. The Balaban J connectivity index is 2.45. The number of halogens is 3. The molecule has 0 aliphatic heterocycles. The summed E-state index contributed by atoms with van der Waals surface area (Å²) in [5, 5.41) is 0.0674. The predicted octanol–water partition coefficient (Wildman–Crippen LogP) is 4.42. The highest BCUT2D eigenvalue weighted by atomic mass is 35.5. The van der Waals surface area contributed by atoms with Crippen LogP contribution in [0.15, 0.2) is 17.0 Å². The first-order chi connectivity index (χ1) is 10.1. The molecule has 0 fully saturated rings. The normalized spacial score (nSPS) is 11.5. The van der Waals surface area contributed by atoms with Gasteiger partial charge in [0.25, 0.3) is 10.0 Å².